The molecule has 1 fully saturated rings. The van der Waals surface area contributed by atoms with E-state index in [0.717, 1.165) is 28.7 Å². The monoisotopic (exact) mass is 389 g/mol. The van der Waals surface area contributed by atoms with Crippen LogP contribution in [0.5, 0.6) is 0 Å². The van der Waals surface area contributed by atoms with E-state index >= 15 is 0 Å². The van der Waals surface area contributed by atoms with Crippen molar-refractivity contribution in [3.05, 3.63) is 53.8 Å². The predicted molar refractivity (Wildman–Crippen MR) is 111 cm³/mol. The molecule has 0 radical (unpaired) electrons. The van der Waals surface area contributed by atoms with Crippen LogP contribution in [0.25, 0.3) is 0 Å². The summed E-state index contributed by atoms with van der Waals surface area (Å²) in [7, 11) is 2.03. The van der Waals surface area contributed by atoms with Gasteiger partial charge in [0.1, 0.15) is 12.1 Å². The summed E-state index contributed by atoms with van der Waals surface area (Å²) >= 11 is 1.43. The predicted octanol–water partition coefficient (Wildman–Crippen LogP) is 4.06. The molecule has 146 valence electrons. The van der Waals surface area contributed by atoms with Crippen LogP contribution in [0.1, 0.15) is 30.1 Å². The molecule has 1 unspecified atom stereocenters. The number of rotatable bonds is 6. The van der Waals surface area contributed by atoms with Gasteiger partial charge in [-0.25, -0.2) is 4.39 Å². The number of aldehydes is 1. The Morgan fingerprint density at radius 3 is 2.63 bits per heavy atom. The Labute approximate surface area is 165 Å². The van der Waals surface area contributed by atoms with Gasteiger partial charge in [0.25, 0.3) is 0 Å². The fourth-order valence-corrected chi connectivity index (χ4v) is 3.98. The van der Waals surface area contributed by atoms with Gasteiger partial charge in [-0.1, -0.05) is 24.8 Å². The van der Waals surface area contributed by atoms with Gasteiger partial charge in [0.2, 0.25) is 0 Å². The smallest absolute Gasteiger partial charge is 0.150 e. The van der Waals surface area contributed by atoms with Crippen LogP contribution in [0.3, 0.4) is 0 Å². The number of hydrogen-bond acceptors (Lipinski definition) is 5. The van der Waals surface area contributed by atoms with Crippen molar-refractivity contribution in [2.24, 2.45) is 0 Å². The fourth-order valence-electron chi connectivity index (χ4n) is 3.14. The zero-order chi connectivity index (χ0) is 19.6. The van der Waals surface area contributed by atoms with Crippen LogP contribution in [0, 0.1) is 5.82 Å². The average Bonchev–Trinajstić information content (AvgIpc) is 3.13. The molecule has 1 heterocycles. The summed E-state index contributed by atoms with van der Waals surface area (Å²) < 4.78 is 12.7. The van der Waals surface area contributed by atoms with Crippen molar-refractivity contribution in [2.75, 3.05) is 32.4 Å². The minimum Gasteiger partial charge on any atom is -0.398 e. The zero-order valence-electron chi connectivity index (χ0n) is 16.0. The molecule has 2 aromatic carbocycles. The average molecular weight is 390 g/mol. The highest BCUT2D eigenvalue weighted by Gasteiger charge is 2.21. The van der Waals surface area contributed by atoms with Gasteiger partial charge in [0.15, 0.2) is 0 Å². The van der Waals surface area contributed by atoms with Gasteiger partial charge >= 0.3 is 0 Å². The molecular weight excluding hydrogens is 361 g/mol. The van der Waals surface area contributed by atoms with Crippen molar-refractivity contribution >= 4 is 23.7 Å². The quantitative estimate of drug-likeness (QED) is 0.576. The third-order valence-corrected chi connectivity index (χ3v) is 5.66. The van der Waals surface area contributed by atoms with E-state index in [0.29, 0.717) is 11.3 Å². The number of hydrogen-bond donors (Lipinski definition) is 2. The second-order valence-electron chi connectivity index (χ2n) is 6.45. The molecule has 6 heteroatoms. The third-order valence-electron chi connectivity index (χ3n) is 4.56. The van der Waals surface area contributed by atoms with Crippen molar-refractivity contribution in [3.63, 3.8) is 0 Å². The van der Waals surface area contributed by atoms with Gasteiger partial charge in [0, 0.05) is 33.6 Å². The Morgan fingerprint density at radius 2 is 2.04 bits per heavy atom. The minimum absolute atomic E-state index is 0.265. The lowest BCUT2D eigenvalue weighted by Crippen LogP contribution is -2.36. The first-order chi connectivity index (χ1) is 13.1. The largest absolute Gasteiger partial charge is 0.398 e. The molecule has 0 saturated carbocycles. The summed E-state index contributed by atoms with van der Waals surface area (Å²) in [4.78, 5) is 14.9. The van der Waals surface area contributed by atoms with Gasteiger partial charge in [-0.3, -0.25) is 9.69 Å². The van der Waals surface area contributed by atoms with Crippen LogP contribution in [0.2, 0.25) is 0 Å². The molecule has 0 bridgehead atoms. The van der Waals surface area contributed by atoms with Gasteiger partial charge in [-0.05, 0) is 69.4 Å². The van der Waals surface area contributed by atoms with Crippen LogP contribution < -0.4 is 11.1 Å². The Bertz CT molecular complexity index is 724. The number of carbonyl (C=O) groups excluding carboxylic acids is 1. The molecule has 0 aliphatic carbocycles. The van der Waals surface area contributed by atoms with Crippen LogP contribution in [-0.2, 0) is 0 Å². The van der Waals surface area contributed by atoms with E-state index in [-0.39, 0.29) is 5.82 Å². The lowest BCUT2D eigenvalue weighted by molar-refractivity contribution is 0.112. The zero-order valence-corrected chi connectivity index (χ0v) is 16.8. The summed E-state index contributed by atoms with van der Waals surface area (Å²) in [5, 5.41) is 3.23. The van der Waals surface area contributed by atoms with E-state index in [9.17, 15) is 9.18 Å². The lowest BCUT2D eigenvalue weighted by atomic mass is 10.2. The summed E-state index contributed by atoms with van der Waals surface area (Å²) in [5.41, 5.74) is 6.91. The normalized spacial score (nSPS) is 16.6. The summed E-state index contributed by atoms with van der Waals surface area (Å²) in [6, 6.07) is 12.1. The number of nitrogens with one attached hydrogen (secondary N) is 1. The maximum Gasteiger partial charge on any atom is 0.150 e. The highest BCUT2D eigenvalue weighted by Crippen LogP contribution is 2.32. The van der Waals surface area contributed by atoms with Gasteiger partial charge in [0.05, 0.1) is 0 Å². The number of nitrogen functional groups attached to an aromatic ring is 1. The highest BCUT2D eigenvalue weighted by molar-refractivity contribution is 7.99. The van der Waals surface area contributed by atoms with E-state index in [4.69, 9.17) is 5.73 Å². The summed E-state index contributed by atoms with van der Waals surface area (Å²) in [6.07, 6.45) is 3.53. The summed E-state index contributed by atoms with van der Waals surface area (Å²) in [6.45, 7) is 5.93. The molecule has 0 aromatic heterocycles. The first-order valence-electron chi connectivity index (χ1n) is 9.24. The van der Waals surface area contributed by atoms with E-state index in [1.54, 1.807) is 30.3 Å². The Kier molecular flexibility index (Phi) is 8.78. The molecule has 3 N–H and O–H groups in total. The first-order valence-corrected chi connectivity index (χ1v) is 10.1. The van der Waals surface area contributed by atoms with Crippen molar-refractivity contribution in [2.45, 2.75) is 35.6 Å². The topological polar surface area (TPSA) is 58.4 Å². The lowest BCUT2D eigenvalue weighted by Gasteiger charge is -2.21. The van der Waals surface area contributed by atoms with E-state index in [1.165, 1.54) is 49.8 Å². The minimum atomic E-state index is -0.265. The second kappa shape index (κ2) is 11.1. The molecule has 1 aliphatic rings. The van der Waals surface area contributed by atoms with Crippen molar-refractivity contribution < 1.29 is 9.18 Å². The number of carbonyl (C=O) groups is 1. The Morgan fingerprint density at radius 1 is 1.30 bits per heavy atom. The molecule has 4 nitrogen and oxygen atoms in total. The van der Waals surface area contributed by atoms with Gasteiger partial charge in [-0.2, -0.15) is 0 Å². The van der Waals surface area contributed by atoms with Crippen molar-refractivity contribution in [1.82, 2.24) is 10.2 Å². The molecule has 1 saturated heterocycles. The number of benzene rings is 2. The standard InChI is InChI=1S/C13H10FNOS.C8H18N2/c14-10-2-4-11(5-3-10)17-13-6-1-9(8-16)7-12(13)15;1-3-10-6-4-5-8(10)7-9-2/h1-8H,15H2;8-9H,3-7H2,1-2H3. The molecule has 1 atom stereocenters. The Hall–Kier alpha value is -1.89. The van der Waals surface area contributed by atoms with Crippen LogP contribution in [-0.4, -0.2) is 43.9 Å². The second-order valence-corrected chi connectivity index (χ2v) is 7.57. The SMILES string of the molecule is CCN1CCCC1CNC.Nc1cc(C=O)ccc1Sc1ccc(F)cc1. The van der Waals surface area contributed by atoms with E-state index in [1.807, 2.05) is 7.05 Å². The van der Waals surface area contributed by atoms with Crippen molar-refractivity contribution in [1.29, 1.82) is 0 Å². The third kappa shape index (κ3) is 6.65. The Balaban J connectivity index is 0.000000223. The molecule has 27 heavy (non-hydrogen) atoms. The first kappa shape index (κ1) is 21.4. The van der Waals surface area contributed by atoms with Gasteiger partial charge in [-0.15, -0.1) is 0 Å². The molecule has 0 spiro atoms. The van der Waals surface area contributed by atoms with Crippen LogP contribution in [0.15, 0.2) is 52.3 Å². The highest BCUT2D eigenvalue weighted by atomic mass is 32.2. The maximum atomic E-state index is 12.7. The molecule has 0 amide bonds. The molecule has 1 aliphatic heterocycles. The maximum absolute atomic E-state index is 12.7. The molecule has 3 rings (SSSR count). The van der Waals surface area contributed by atoms with Gasteiger partial charge < -0.3 is 11.1 Å². The number of halogens is 1. The number of likely N-dealkylation sites (tertiary alicyclic amines) is 1. The van der Waals surface area contributed by atoms with Crippen LogP contribution in [0.4, 0.5) is 10.1 Å². The van der Waals surface area contributed by atoms with E-state index < -0.39 is 0 Å². The van der Waals surface area contributed by atoms with Crippen molar-refractivity contribution in [3.8, 4) is 0 Å². The number of nitrogens with zero attached hydrogens (tertiary/aromatic N) is 1. The molecule has 2 aromatic rings. The van der Waals surface area contributed by atoms with E-state index in [2.05, 4.69) is 17.1 Å². The summed E-state index contributed by atoms with van der Waals surface area (Å²) in [5.74, 6) is -0.265. The number of nitrogens with two attached hydrogens (primary N) is 1. The van der Waals surface area contributed by atoms with Crippen LogP contribution >= 0.6 is 11.8 Å². The molecular formula is C21H28FN3OS. The number of anilines is 1. The number of likely N-dealkylation sites (N-methyl/N-ethyl adjacent to an activating group) is 2. The fraction of sp³-hybridized carbons (Fsp3) is 0.381.